The first-order valence-electron chi connectivity index (χ1n) is 7.12. The molecule has 23 heavy (non-hydrogen) atoms. The van der Waals surface area contributed by atoms with Gasteiger partial charge in [-0.1, -0.05) is 17.7 Å². The smallest absolute Gasteiger partial charge is 0.226 e. The highest BCUT2D eigenvalue weighted by molar-refractivity contribution is 6.33. The molecule has 0 aliphatic rings. The van der Waals surface area contributed by atoms with Crippen LogP contribution in [0.2, 0.25) is 5.02 Å². The van der Waals surface area contributed by atoms with E-state index in [0.29, 0.717) is 11.6 Å². The molecule has 2 rings (SSSR count). The standard InChI is InChI=1S/C17H17ClF2N2O/c1-10-7-11(2)17(13(18)8-10)21-6-5-16(23)22-15-4-3-12(19)9-14(15)20/h3-4,7-9,21H,5-6H2,1-2H3,(H,22,23). The van der Waals surface area contributed by atoms with Crippen molar-refractivity contribution in [3.05, 3.63) is 58.1 Å². The molecule has 3 nitrogen and oxygen atoms in total. The van der Waals surface area contributed by atoms with E-state index in [9.17, 15) is 13.6 Å². The number of benzene rings is 2. The molecule has 0 aliphatic carbocycles. The van der Waals surface area contributed by atoms with Gasteiger partial charge >= 0.3 is 0 Å². The zero-order valence-electron chi connectivity index (χ0n) is 12.8. The van der Waals surface area contributed by atoms with Crippen LogP contribution >= 0.6 is 11.6 Å². The van der Waals surface area contributed by atoms with Crippen LogP contribution in [0.5, 0.6) is 0 Å². The van der Waals surface area contributed by atoms with Gasteiger partial charge in [0.2, 0.25) is 5.91 Å². The Bertz CT molecular complexity index is 712. The van der Waals surface area contributed by atoms with E-state index in [1.807, 2.05) is 26.0 Å². The Morgan fingerprint density at radius 1 is 1.17 bits per heavy atom. The van der Waals surface area contributed by atoms with E-state index in [1.54, 1.807) is 0 Å². The monoisotopic (exact) mass is 338 g/mol. The lowest BCUT2D eigenvalue weighted by molar-refractivity contribution is -0.116. The van der Waals surface area contributed by atoms with Crippen molar-refractivity contribution in [1.82, 2.24) is 0 Å². The van der Waals surface area contributed by atoms with Crippen LogP contribution in [-0.2, 0) is 4.79 Å². The lowest BCUT2D eigenvalue weighted by atomic mass is 10.1. The summed E-state index contributed by atoms with van der Waals surface area (Å²) in [5, 5.41) is 6.10. The van der Waals surface area contributed by atoms with E-state index in [0.717, 1.165) is 28.9 Å². The molecule has 0 aromatic heterocycles. The van der Waals surface area contributed by atoms with Gasteiger partial charge in [0.1, 0.15) is 11.6 Å². The van der Waals surface area contributed by atoms with Crippen LogP contribution in [-0.4, -0.2) is 12.5 Å². The molecule has 6 heteroatoms. The summed E-state index contributed by atoms with van der Waals surface area (Å²) in [6.07, 6.45) is 0.125. The number of amides is 1. The van der Waals surface area contributed by atoms with Crippen molar-refractivity contribution in [1.29, 1.82) is 0 Å². The maximum Gasteiger partial charge on any atom is 0.226 e. The van der Waals surface area contributed by atoms with Crippen molar-refractivity contribution in [3.8, 4) is 0 Å². The van der Waals surface area contributed by atoms with Crippen LogP contribution in [0.1, 0.15) is 17.5 Å². The van der Waals surface area contributed by atoms with Gasteiger partial charge in [0, 0.05) is 19.0 Å². The fourth-order valence-corrected chi connectivity index (χ4v) is 2.63. The summed E-state index contributed by atoms with van der Waals surface area (Å²) < 4.78 is 26.3. The Kier molecular flexibility index (Phi) is 5.55. The molecule has 2 aromatic rings. The maximum absolute atomic E-state index is 13.5. The molecule has 0 bridgehead atoms. The van der Waals surface area contributed by atoms with Gasteiger partial charge in [-0.25, -0.2) is 8.78 Å². The summed E-state index contributed by atoms with van der Waals surface area (Å²) in [7, 11) is 0. The van der Waals surface area contributed by atoms with E-state index in [2.05, 4.69) is 10.6 Å². The summed E-state index contributed by atoms with van der Waals surface area (Å²) >= 11 is 6.17. The number of nitrogens with one attached hydrogen (secondary N) is 2. The van der Waals surface area contributed by atoms with E-state index < -0.39 is 11.6 Å². The van der Waals surface area contributed by atoms with E-state index in [-0.39, 0.29) is 18.0 Å². The molecule has 0 aliphatic heterocycles. The Labute approximate surface area is 138 Å². The highest BCUT2D eigenvalue weighted by atomic mass is 35.5. The number of rotatable bonds is 5. The average molecular weight is 339 g/mol. The molecule has 0 heterocycles. The lowest BCUT2D eigenvalue weighted by Crippen LogP contribution is -2.17. The molecule has 0 saturated heterocycles. The maximum atomic E-state index is 13.5. The van der Waals surface area contributed by atoms with E-state index in [4.69, 9.17) is 11.6 Å². The first-order valence-corrected chi connectivity index (χ1v) is 7.50. The number of anilines is 2. The third-order valence-electron chi connectivity index (χ3n) is 3.29. The highest BCUT2D eigenvalue weighted by Crippen LogP contribution is 2.27. The van der Waals surface area contributed by atoms with Crippen LogP contribution in [0.3, 0.4) is 0 Å². The molecule has 2 aromatic carbocycles. The molecular formula is C17H17ClF2N2O. The van der Waals surface area contributed by atoms with Crippen molar-refractivity contribution < 1.29 is 13.6 Å². The molecule has 0 radical (unpaired) electrons. The Morgan fingerprint density at radius 2 is 1.91 bits per heavy atom. The molecule has 0 atom stereocenters. The average Bonchev–Trinajstić information content (AvgIpc) is 2.44. The fraction of sp³-hybridized carbons (Fsp3) is 0.235. The third-order valence-corrected chi connectivity index (χ3v) is 3.59. The normalized spacial score (nSPS) is 10.5. The van der Waals surface area contributed by atoms with Crippen molar-refractivity contribution in [3.63, 3.8) is 0 Å². The topological polar surface area (TPSA) is 41.1 Å². The number of halogens is 3. The minimum absolute atomic E-state index is 0.0408. The zero-order valence-corrected chi connectivity index (χ0v) is 13.6. The minimum Gasteiger partial charge on any atom is -0.383 e. The van der Waals surface area contributed by atoms with Gasteiger partial charge in [0.15, 0.2) is 0 Å². The van der Waals surface area contributed by atoms with E-state index >= 15 is 0 Å². The molecule has 0 unspecified atom stereocenters. The Morgan fingerprint density at radius 3 is 2.57 bits per heavy atom. The van der Waals surface area contributed by atoms with Crippen LogP contribution < -0.4 is 10.6 Å². The lowest BCUT2D eigenvalue weighted by Gasteiger charge is -2.12. The SMILES string of the molecule is Cc1cc(C)c(NCCC(=O)Nc2ccc(F)cc2F)c(Cl)c1. The Balaban J connectivity index is 1.90. The number of carbonyl (C=O) groups excluding carboxylic acids is 1. The number of hydrogen-bond acceptors (Lipinski definition) is 2. The second-order valence-electron chi connectivity index (χ2n) is 5.29. The van der Waals surface area contributed by atoms with Gasteiger partial charge in [-0.3, -0.25) is 4.79 Å². The minimum atomic E-state index is -0.802. The van der Waals surface area contributed by atoms with Crippen LogP contribution in [0.4, 0.5) is 20.2 Å². The van der Waals surface area contributed by atoms with Crippen LogP contribution in [0.25, 0.3) is 0 Å². The third kappa shape index (κ3) is 4.66. The molecule has 2 N–H and O–H groups in total. The first kappa shape index (κ1) is 17.2. The zero-order chi connectivity index (χ0) is 17.0. The van der Waals surface area contributed by atoms with Gasteiger partial charge in [0.05, 0.1) is 16.4 Å². The van der Waals surface area contributed by atoms with Crippen molar-refractivity contribution in [2.45, 2.75) is 20.3 Å². The highest BCUT2D eigenvalue weighted by Gasteiger charge is 2.09. The summed E-state index contributed by atoms with van der Waals surface area (Å²) in [5.41, 5.74) is 2.78. The summed E-state index contributed by atoms with van der Waals surface area (Å²) in [4.78, 5) is 11.8. The molecular weight excluding hydrogens is 322 g/mol. The van der Waals surface area contributed by atoms with Crippen molar-refractivity contribution in [2.24, 2.45) is 0 Å². The summed E-state index contributed by atoms with van der Waals surface area (Å²) in [6.45, 7) is 4.22. The predicted octanol–water partition coefficient (Wildman–Crippen LogP) is 4.68. The van der Waals surface area contributed by atoms with Gasteiger partial charge in [-0.2, -0.15) is 0 Å². The predicted molar refractivity (Wildman–Crippen MR) is 89.0 cm³/mol. The van der Waals surface area contributed by atoms with Crippen LogP contribution in [0.15, 0.2) is 30.3 Å². The quantitative estimate of drug-likeness (QED) is 0.831. The van der Waals surface area contributed by atoms with Crippen LogP contribution in [0, 0.1) is 25.5 Å². The fourth-order valence-electron chi connectivity index (χ4n) is 2.24. The van der Waals surface area contributed by atoms with Gasteiger partial charge in [-0.05, 0) is 43.2 Å². The van der Waals surface area contributed by atoms with Crippen molar-refractivity contribution >= 4 is 28.9 Å². The largest absolute Gasteiger partial charge is 0.383 e. The van der Waals surface area contributed by atoms with Crippen molar-refractivity contribution in [2.75, 3.05) is 17.2 Å². The summed E-state index contributed by atoms with van der Waals surface area (Å²) in [6, 6.07) is 6.83. The second-order valence-corrected chi connectivity index (χ2v) is 5.69. The molecule has 1 amide bonds. The van der Waals surface area contributed by atoms with Gasteiger partial charge < -0.3 is 10.6 Å². The molecule has 0 saturated carbocycles. The van der Waals surface area contributed by atoms with Gasteiger partial charge in [-0.15, -0.1) is 0 Å². The Hall–Kier alpha value is -2.14. The number of carbonyl (C=O) groups is 1. The molecule has 0 spiro atoms. The molecule has 122 valence electrons. The van der Waals surface area contributed by atoms with Gasteiger partial charge in [0.25, 0.3) is 0 Å². The molecule has 0 fully saturated rings. The summed E-state index contributed by atoms with van der Waals surface area (Å²) in [5.74, 6) is -1.86. The first-order chi connectivity index (χ1) is 10.9. The van der Waals surface area contributed by atoms with E-state index in [1.165, 1.54) is 6.07 Å². The second kappa shape index (κ2) is 7.42. The number of hydrogen-bond donors (Lipinski definition) is 2. The number of aryl methyl sites for hydroxylation is 2.